The summed E-state index contributed by atoms with van der Waals surface area (Å²) in [4.78, 5) is 17.4. The van der Waals surface area contributed by atoms with Gasteiger partial charge in [-0.05, 0) is 12.3 Å². The van der Waals surface area contributed by atoms with Crippen molar-refractivity contribution in [1.29, 1.82) is 0 Å². The van der Waals surface area contributed by atoms with Crippen molar-refractivity contribution in [2.45, 2.75) is 11.6 Å². The molecule has 2 heterocycles. The van der Waals surface area contributed by atoms with Gasteiger partial charge in [-0.3, -0.25) is 0 Å². The van der Waals surface area contributed by atoms with Crippen LogP contribution in [0.15, 0.2) is 21.8 Å². The van der Waals surface area contributed by atoms with E-state index in [1.165, 1.54) is 13.4 Å². The Balaban J connectivity index is 2.37. The van der Waals surface area contributed by atoms with Gasteiger partial charge in [0.2, 0.25) is 5.71 Å². The zero-order valence-corrected chi connectivity index (χ0v) is 9.21. The first-order valence-corrected chi connectivity index (χ1v) is 5.50. The van der Waals surface area contributed by atoms with E-state index >= 15 is 0 Å². The van der Waals surface area contributed by atoms with E-state index in [1.54, 1.807) is 11.8 Å². The Kier molecular flexibility index (Phi) is 3.20. The summed E-state index contributed by atoms with van der Waals surface area (Å²) >= 11 is 1.55. The largest absolute Gasteiger partial charge is 0.440 e. The van der Waals surface area contributed by atoms with Crippen LogP contribution in [0.4, 0.5) is 0 Å². The molecular weight excluding hydrogens is 216 g/mol. The normalized spacial score (nSPS) is 11.1. The minimum Gasteiger partial charge on any atom is -0.440 e. The van der Waals surface area contributed by atoms with Gasteiger partial charge in [0.25, 0.3) is 0 Å². The first-order chi connectivity index (χ1) is 7.35. The molecule has 2 aromatic rings. The molecule has 2 rings (SSSR count). The van der Waals surface area contributed by atoms with Crippen LogP contribution in [-0.2, 0) is 16.4 Å². The summed E-state index contributed by atoms with van der Waals surface area (Å²) < 4.78 is 5.44. The van der Waals surface area contributed by atoms with Crippen LogP contribution in [0.3, 0.4) is 0 Å². The van der Waals surface area contributed by atoms with Gasteiger partial charge >= 0.3 is 0 Å². The van der Waals surface area contributed by atoms with Crippen molar-refractivity contribution in [3.63, 3.8) is 0 Å². The van der Waals surface area contributed by atoms with Crippen LogP contribution >= 0.6 is 11.8 Å². The number of thioether (sulfide) groups is 1. The van der Waals surface area contributed by atoms with Crippen LogP contribution in [0.2, 0.25) is 0 Å². The predicted octanol–water partition coefficient (Wildman–Crippen LogP) is 2.02. The second-order valence-electron chi connectivity index (χ2n) is 2.74. The van der Waals surface area contributed by atoms with E-state index in [4.69, 9.17) is 9.30 Å². The van der Waals surface area contributed by atoms with Crippen LogP contribution in [0.1, 0.15) is 5.76 Å². The van der Waals surface area contributed by atoms with E-state index in [0.717, 1.165) is 10.4 Å². The fraction of sp³-hybridized carbons (Fsp3) is 0.333. The first-order valence-electron chi connectivity index (χ1n) is 4.28. The molecule has 0 N–H and O–H groups in total. The van der Waals surface area contributed by atoms with Crippen molar-refractivity contribution in [3.8, 4) is 0 Å². The summed E-state index contributed by atoms with van der Waals surface area (Å²) in [6, 6.07) is 1.86. The molecule has 15 heavy (non-hydrogen) atoms. The number of hydrogen-bond donors (Lipinski definition) is 0. The molecular formula is C9H10N2O3S. The maximum atomic E-state index is 5.44. The molecule has 6 heteroatoms. The number of nitrogens with zero attached hydrogens (tertiary/aromatic N) is 2. The number of hydrogen-bond acceptors (Lipinski definition) is 6. The van der Waals surface area contributed by atoms with Gasteiger partial charge in [0.15, 0.2) is 0 Å². The summed E-state index contributed by atoms with van der Waals surface area (Å²) in [5, 5.41) is 1.80. The molecule has 0 spiro atoms. The Hall–Kier alpha value is -1.11. The summed E-state index contributed by atoms with van der Waals surface area (Å²) in [5.41, 5.74) is 0.573. The lowest BCUT2D eigenvalue weighted by Gasteiger charge is -1.93. The second kappa shape index (κ2) is 4.61. The van der Waals surface area contributed by atoms with Crippen LogP contribution in [0.25, 0.3) is 11.1 Å². The Morgan fingerprint density at radius 2 is 2.33 bits per heavy atom. The Morgan fingerprint density at radius 1 is 1.47 bits per heavy atom. The molecule has 0 radical (unpaired) electrons. The first kappa shape index (κ1) is 10.4. The van der Waals surface area contributed by atoms with E-state index in [9.17, 15) is 0 Å². The average molecular weight is 226 g/mol. The standard InChI is InChI=1S/C9H10N2O3S/c1-12-13-4-6-3-7-8(14-6)10-5-11-9(7)15-2/h3,5H,4H2,1-2H3. The van der Waals surface area contributed by atoms with Crippen molar-refractivity contribution in [2.75, 3.05) is 13.4 Å². The van der Waals surface area contributed by atoms with Crippen molar-refractivity contribution in [1.82, 2.24) is 9.97 Å². The van der Waals surface area contributed by atoms with E-state index in [1.807, 2.05) is 12.3 Å². The summed E-state index contributed by atoms with van der Waals surface area (Å²) in [6.45, 7) is 0.265. The molecule has 0 amide bonds. The molecule has 80 valence electrons. The van der Waals surface area contributed by atoms with Gasteiger partial charge in [0.1, 0.15) is 23.7 Å². The fourth-order valence-electron chi connectivity index (χ4n) is 1.23. The third-order valence-corrected chi connectivity index (χ3v) is 2.57. The molecule has 0 bridgehead atoms. The minimum absolute atomic E-state index is 0.265. The van der Waals surface area contributed by atoms with Crippen molar-refractivity contribution in [2.24, 2.45) is 0 Å². The SMILES string of the molecule is COOCc1cc2c(SC)ncnc2o1. The number of fused-ring (bicyclic) bond motifs is 1. The molecule has 0 unspecified atom stereocenters. The third kappa shape index (κ3) is 2.11. The molecule has 2 aromatic heterocycles. The highest BCUT2D eigenvalue weighted by Gasteiger charge is 2.09. The Morgan fingerprint density at radius 3 is 3.07 bits per heavy atom. The molecule has 0 aromatic carbocycles. The number of aromatic nitrogens is 2. The number of furan rings is 1. The molecule has 0 saturated heterocycles. The summed E-state index contributed by atoms with van der Waals surface area (Å²) in [6.07, 6.45) is 3.44. The minimum atomic E-state index is 0.265. The molecule has 0 aliphatic carbocycles. The average Bonchev–Trinajstić information content (AvgIpc) is 2.68. The van der Waals surface area contributed by atoms with Crippen molar-refractivity contribution >= 4 is 22.9 Å². The zero-order chi connectivity index (χ0) is 10.7. The second-order valence-corrected chi connectivity index (χ2v) is 3.54. The number of rotatable bonds is 4. The highest BCUT2D eigenvalue weighted by molar-refractivity contribution is 7.98. The molecule has 0 aliphatic rings. The van der Waals surface area contributed by atoms with Crippen LogP contribution < -0.4 is 0 Å². The van der Waals surface area contributed by atoms with Gasteiger partial charge < -0.3 is 4.42 Å². The van der Waals surface area contributed by atoms with E-state index < -0.39 is 0 Å². The van der Waals surface area contributed by atoms with Crippen LogP contribution in [-0.4, -0.2) is 23.3 Å². The molecule has 0 fully saturated rings. The van der Waals surface area contributed by atoms with Gasteiger partial charge in [-0.25, -0.2) is 19.7 Å². The lowest BCUT2D eigenvalue weighted by Crippen LogP contribution is -1.87. The fourth-order valence-corrected chi connectivity index (χ4v) is 1.75. The van der Waals surface area contributed by atoms with Gasteiger partial charge in [0, 0.05) is 0 Å². The van der Waals surface area contributed by atoms with Gasteiger partial charge in [-0.1, -0.05) is 0 Å². The van der Waals surface area contributed by atoms with Crippen LogP contribution in [0, 0.1) is 0 Å². The smallest absolute Gasteiger partial charge is 0.230 e. The van der Waals surface area contributed by atoms with Gasteiger partial charge in [0.05, 0.1) is 12.5 Å². The van der Waals surface area contributed by atoms with E-state index in [-0.39, 0.29) is 6.61 Å². The Labute approximate surface area is 90.7 Å². The monoisotopic (exact) mass is 226 g/mol. The van der Waals surface area contributed by atoms with Crippen molar-refractivity contribution in [3.05, 3.63) is 18.2 Å². The van der Waals surface area contributed by atoms with E-state index in [2.05, 4.69) is 14.9 Å². The predicted molar refractivity (Wildman–Crippen MR) is 55.4 cm³/mol. The molecule has 0 atom stereocenters. The third-order valence-electron chi connectivity index (χ3n) is 1.86. The quantitative estimate of drug-likeness (QED) is 0.344. The molecule has 5 nitrogen and oxygen atoms in total. The highest BCUT2D eigenvalue weighted by Crippen LogP contribution is 2.25. The van der Waals surface area contributed by atoms with E-state index in [0.29, 0.717) is 11.5 Å². The summed E-state index contributed by atoms with van der Waals surface area (Å²) in [7, 11) is 1.45. The maximum absolute atomic E-state index is 5.44. The van der Waals surface area contributed by atoms with Gasteiger partial charge in [-0.15, -0.1) is 11.8 Å². The lowest BCUT2D eigenvalue weighted by atomic mass is 10.4. The molecule has 0 saturated carbocycles. The van der Waals surface area contributed by atoms with Gasteiger partial charge in [-0.2, -0.15) is 0 Å². The molecule has 0 aliphatic heterocycles. The maximum Gasteiger partial charge on any atom is 0.230 e. The summed E-state index contributed by atoms with van der Waals surface area (Å²) in [5.74, 6) is 0.669. The Bertz CT molecular complexity index is 458. The van der Waals surface area contributed by atoms with Crippen LogP contribution in [0.5, 0.6) is 0 Å². The lowest BCUT2D eigenvalue weighted by molar-refractivity contribution is -0.284. The van der Waals surface area contributed by atoms with Crippen molar-refractivity contribution < 1.29 is 14.2 Å². The zero-order valence-electron chi connectivity index (χ0n) is 8.39. The topological polar surface area (TPSA) is 57.4 Å². The highest BCUT2D eigenvalue weighted by atomic mass is 32.2.